The molecule has 1 heterocycles. The first-order valence-corrected chi connectivity index (χ1v) is 7.91. The third-order valence-corrected chi connectivity index (χ3v) is 4.15. The molecule has 2 N–H and O–H groups in total. The molecule has 19 heavy (non-hydrogen) atoms. The Kier molecular flexibility index (Phi) is 6.83. The molecule has 1 aromatic heterocycles. The number of aliphatic hydroxyl groups is 1. The Morgan fingerprint density at radius 1 is 1.37 bits per heavy atom. The van der Waals surface area contributed by atoms with E-state index in [2.05, 4.69) is 43.2 Å². The van der Waals surface area contributed by atoms with Crippen LogP contribution in [0, 0.1) is 13.8 Å². The van der Waals surface area contributed by atoms with E-state index in [0.29, 0.717) is 0 Å². The Balaban J connectivity index is 2.38. The van der Waals surface area contributed by atoms with E-state index in [-0.39, 0.29) is 12.1 Å². The van der Waals surface area contributed by atoms with Crippen molar-refractivity contribution < 1.29 is 5.11 Å². The minimum absolute atomic E-state index is 0.148. The number of aromatic nitrogens is 1. The normalized spacial score (nSPS) is 14.4. The second kappa shape index (κ2) is 7.88. The van der Waals surface area contributed by atoms with Crippen molar-refractivity contribution in [1.29, 1.82) is 0 Å². The van der Waals surface area contributed by atoms with E-state index in [4.69, 9.17) is 0 Å². The zero-order valence-corrected chi connectivity index (χ0v) is 13.3. The van der Waals surface area contributed by atoms with Gasteiger partial charge in [-0.1, -0.05) is 6.92 Å². The van der Waals surface area contributed by atoms with Gasteiger partial charge in [-0.2, -0.15) is 0 Å². The third-order valence-electron chi connectivity index (χ3n) is 3.15. The monoisotopic (exact) mass is 282 g/mol. The molecule has 0 saturated carbocycles. The molecule has 4 heteroatoms. The van der Waals surface area contributed by atoms with Gasteiger partial charge in [-0.05, 0) is 63.6 Å². The number of aryl methyl sites for hydroxylation is 2. The van der Waals surface area contributed by atoms with E-state index >= 15 is 0 Å². The number of rotatable bonds is 8. The van der Waals surface area contributed by atoms with Gasteiger partial charge in [-0.25, -0.2) is 4.98 Å². The number of pyridine rings is 1. The van der Waals surface area contributed by atoms with Crippen molar-refractivity contribution >= 4 is 11.8 Å². The molecule has 0 radical (unpaired) electrons. The van der Waals surface area contributed by atoms with Gasteiger partial charge in [0.2, 0.25) is 0 Å². The highest BCUT2D eigenvalue weighted by molar-refractivity contribution is 7.99. The molecule has 0 amide bonds. The lowest BCUT2D eigenvalue weighted by Gasteiger charge is -2.28. The van der Waals surface area contributed by atoms with Gasteiger partial charge in [-0.3, -0.25) is 0 Å². The summed E-state index contributed by atoms with van der Waals surface area (Å²) in [4.78, 5) is 4.52. The maximum atomic E-state index is 9.42. The largest absolute Gasteiger partial charge is 0.394 e. The van der Waals surface area contributed by atoms with Crippen molar-refractivity contribution in [3.63, 3.8) is 0 Å². The van der Waals surface area contributed by atoms with Crippen molar-refractivity contribution in [3.8, 4) is 0 Å². The number of nitrogens with zero attached hydrogens (tertiary/aromatic N) is 1. The van der Waals surface area contributed by atoms with Gasteiger partial charge in [0, 0.05) is 11.2 Å². The summed E-state index contributed by atoms with van der Waals surface area (Å²) in [5.74, 6) is 1.04. The first kappa shape index (κ1) is 16.5. The molecule has 0 saturated heterocycles. The average molecular weight is 282 g/mol. The molecule has 0 aliphatic rings. The van der Waals surface area contributed by atoms with Gasteiger partial charge in [0.1, 0.15) is 0 Å². The van der Waals surface area contributed by atoms with Crippen molar-refractivity contribution in [2.24, 2.45) is 0 Å². The first-order valence-electron chi connectivity index (χ1n) is 6.93. The van der Waals surface area contributed by atoms with Crippen LogP contribution in [-0.4, -0.2) is 34.5 Å². The maximum Gasteiger partial charge on any atom is 0.0965 e. The van der Waals surface area contributed by atoms with Crippen molar-refractivity contribution in [2.45, 2.75) is 51.1 Å². The third kappa shape index (κ3) is 5.93. The predicted octanol–water partition coefficient (Wildman–Crippen LogP) is 2.93. The summed E-state index contributed by atoms with van der Waals surface area (Å²) in [7, 11) is 0. The number of aliphatic hydroxyl groups excluding tert-OH is 1. The summed E-state index contributed by atoms with van der Waals surface area (Å²) in [5, 5.41) is 13.9. The van der Waals surface area contributed by atoms with Gasteiger partial charge in [0.25, 0.3) is 0 Å². The molecule has 108 valence electrons. The Hall–Kier alpha value is -0.580. The summed E-state index contributed by atoms with van der Waals surface area (Å²) in [6, 6.07) is 4.23. The minimum atomic E-state index is -0.148. The number of nitrogens with one attached hydrogen (secondary N) is 1. The smallest absolute Gasteiger partial charge is 0.0965 e. The molecule has 0 aliphatic heterocycles. The van der Waals surface area contributed by atoms with Crippen molar-refractivity contribution in [1.82, 2.24) is 10.3 Å². The Morgan fingerprint density at radius 3 is 2.68 bits per heavy atom. The molecule has 0 aromatic carbocycles. The van der Waals surface area contributed by atoms with Crippen LogP contribution in [0.15, 0.2) is 17.2 Å². The number of likely N-dealkylation sites (N-methyl/N-ethyl adjacent to an activating group) is 1. The van der Waals surface area contributed by atoms with Gasteiger partial charge in [-0.15, -0.1) is 11.8 Å². The molecular formula is C15H26N2OS. The summed E-state index contributed by atoms with van der Waals surface area (Å²) >= 11 is 1.80. The molecule has 0 fully saturated rings. The van der Waals surface area contributed by atoms with E-state index in [9.17, 15) is 5.11 Å². The highest BCUT2D eigenvalue weighted by Crippen LogP contribution is 2.21. The number of hydrogen-bond acceptors (Lipinski definition) is 4. The lowest BCUT2D eigenvalue weighted by molar-refractivity contribution is 0.167. The number of hydrogen-bond donors (Lipinski definition) is 2. The van der Waals surface area contributed by atoms with E-state index in [1.54, 1.807) is 11.8 Å². The van der Waals surface area contributed by atoms with Crippen LogP contribution in [0.3, 0.4) is 0 Å². The molecule has 1 unspecified atom stereocenters. The topological polar surface area (TPSA) is 45.1 Å². The van der Waals surface area contributed by atoms with E-state index < -0.39 is 0 Å². The predicted molar refractivity (Wildman–Crippen MR) is 82.8 cm³/mol. The second-order valence-corrected chi connectivity index (χ2v) is 6.44. The summed E-state index contributed by atoms with van der Waals surface area (Å²) < 4.78 is 0. The quantitative estimate of drug-likeness (QED) is 0.568. The van der Waals surface area contributed by atoms with Gasteiger partial charge in [0.15, 0.2) is 0 Å². The van der Waals surface area contributed by atoms with E-state index in [1.807, 2.05) is 6.92 Å². The van der Waals surface area contributed by atoms with Gasteiger partial charge < -0.3 is 10.4 Å². The lowest BCUT2D eigenvalue weighted by Crippen LogP contribution is -2.45. The molecule has 0 spiro atoms. The molecule has 1 aromatic rings. The summed E-state index contributed by atoms with van der Waals surface area (Å²) in [6.45, 7) is 9.37. The fourth-order valence-electron chi connectivity index (χ4n) is 2.17. The summed E-state index contributed by atoms with van der Waals surface area (Å²) in [6.07, 6.45) is 2.05. The van der Waals surface area contributed by atoms with Crippen LogP contribution in [0.5, 0.6) is 0 Å². The first-order chi connectivity index (χ1) is 8.99. The van der Waals surface area contributed by atoms with Crippen LogP contribution in [0.1, 0.15) is 37.9 Å². The standard InChI is InChI=1S/C15H26N2OS/c1-5-16-15(4,11-18)7-6-8-19-14-10-12(2)9-13(3)17-14/h9-10,16,18H,5-8,11H2,1-4H3. The van der Waals surface area contributed by atoms with Crippen molar-refractivity contribution in [3.05, 3.63) is 23.4 Å². The average Bonchev–Trinajstić information content (AvgIpc) is 2.34. The van der Waals surface area contributed by atoms with Crippen LogP contribution in [-0.2, 0) is 0 Å². The molecule has 1 atom stereocenters. The van der Waals surface area contributed by atoms with Crippen LogP contribution in [0.4, 0.5) is 0 Å². The Bertz CT molecular complexity index is 377. The fourth-order valence-corrected chi connectivity index (χ4v) is 3.14. The van der Waals surface area contributed by atoms with E-state index in [0.717, 1.165) is 35.9 Å². The SMILES string of the molecule is CCNC(C)(CO)CCCSc1cc(C)cc(C)n1. The van der Waals surface area contributed by atoms with Crippen LogP contribution in [0.2, 0.25) is 0 Å². The highest BCUT2D eigenvalue weighted by Gasteiger charge is 2.20. The molecule has 1 rings (SSSR count). The van der Waals surface area contributed by atoms with Crippen LogP contribution in [0.25, 0.3) is 0 Å². The van der Waals surface area contributed by atoms with Gasteiger partial charge >= 0.3 is 0 Å². The molecule has 0 aliphatic carbocycles. The molecule has 3 nitrogen and oxygen atoms in total. The fraction of sp³-hybridized carbons (Fsp3) is 0.667. The van der Waals surface area contributed by atoms with E-state index in [1.165, 1.54) is 5.56 Å². The Morgan fingerprint density at radius 2 is 2.11 bits per heavy atom. The Labute approximate surface area is 121 Å². The van der Waals surface area contributed by atoms with Gasteiger partial charge in [0.05, 0.1) is 11.6 Å². The maximum absolute atomic E-state index is 9.42. The zero-order valence-electron chi connectivity index (χ0n) is 12.5. The summed E-state index contributed by atoms with van der Waals surface area (Å²) in [5.41, 5.74) is 2.20. The molecule has 0 bridgehead atoms. The second-order valence-electron chi connectivity index (χ2n) is 5.33. The number of thioether (sulfide) groups is 1. The highest BCUT2D eigenvalue weighted by atomic mass is 32.2. The van der Waals surface area contributed by atoms with Crippen molar-refractivity contribution in [2.75, 3.05) is 18.9 Å². The van der Waals surface area contributed by atoms with Crippen LogP contribution < -0.4 is 5.32 Å². The zero-order chi connectivity index (χ0) is 14.3. The lowest BCUT2D eigenvalue weighted by atomic mass is 9.97. The molecular weight excluding hydrogens is 256 g/mol. The van der Waals surface area contributed by atoms with Crippen LogP contribution >= 0.6 is 11.8 Å². The minimum Gasteiger partial charge on any atom is -0.394 e.